The molecule has 2 heterocycles. The van der Waals surface area contributed by atoms with Gasteiger partial charge >= 0.3 is 0 Å². The number of hydrogen-bond acceptors (Lipinski definition) is 5. The van der Waals surface area contributed by atoms with Crippen LogP contribution in [0, 0.1) is 21.4 Å². The summed E-state index contributed by atoms with van der Waals surface area (Å²) in [4.78, 5) is 26.9. The third kappa shape index (κ3) is 2.71. The molecule has 3 aromatic rings. The van der Waals surface area contributed by atoms with E-state index in [0.29, 0.717) is 16.1 Å². The van der Waals surface area contributed by atoms with E-state index in [1.165, 1.54) is 0 Å². The van der Waals surface area contributed by atoms with Gasteiger partial charge in [0.05, 0.1) is 23.2 Å². The molecule has 0 aliphatic carbocycles. The molecule has 3 rings (SSSR count). The highest BCUT2D eigenvalue weighted by Gasteiger charge is 2.15. The predicted octanol–water partition coefficient (Wildman–Crippen LogP) is 2.88. The molecule has 0 unspecified atom stereocenters. The summed E-state index contributed by atoms with van der Waals surface area (Å²) < 4.78 is 1.13. The molecule has 24 heavy (non-hydrogen) atoms. The lowest BCUT2D eigenvalue weighted by Crippen LogP contribution is -2.23. The second-order valence-corrected chi connectivity index (χ2v) is 5.43. The average molecular weight is 341 g/mol. The van der Waals surface area contributed by atoms with Crippen LogP contribution in [0.4, 0.5) is 5.69 Å². The fourth-order valence-electron chi connectivity index (χ4n) is 2.42. The molecule has 0 saturated heterocycles. The van der Waals surface area contributed by atoms with Crippen LogP contribution in [0.5, 0.6) is 0 Å². The Morgan fingerprint density at radius 1 is 1.38 bits per heavy atom. The Hall–Kier alpha value is -3.24. The summed E-state index contributed by atoms with van der Waals surface area (Å²) in [6, 6.07) is 9.57. The summed E-state index contributed by atoms with van der Waals surface area (Å²) in [5.41, 5.74) is 0.0679. The van der Waals surface area contributed by atoms with Crippen molar-refractivity contribution in [2.75, 3.05) is 0 Å². The minimum Gasteiger partial charge on any atom is -0.303 e. The first-order valence-corrected chi connectivity index (χ1v) is 7.20. The van der Waals surface area contributed by atoms with E-state index in [2.05, 4.69) is 4.98 Å². The van der Waals surface area contributed by atoms with Crippen LogP contribution in [-0.4, -0.2) is 14.5 Å². The Bertz CT molecular complexity index is 1070. The molecule has 0 amide bonds. The number of fused-ring (bicyclic) bond motifs is 1. The molecule has 0 aliphatic rings. The molecular formula is C16H9ClN4O3. The Morgan fingerprint density at radius 3 is 2.88 bits per heavy atom. The smallest absolute Gasteiger partial charge is 0.287 e. The summed E-state index contributed by atoms with van der Waals surface area (Å²) >= 11 is 6.14. The van der Waals surface area contributed by atoms with E-state index in [1.807, 2.05) is 0 Å². The van der Waals surface area contributed by atoms with Crippen LogP contribution >= 0.6 is 11.6 Å². The first kappa shape index (κ1) is 15.6. The van der Waals surface area contributed by atoms with E-state index >= 15 is 0 Å². The van der Waals surface area contributed by atoms with Gasteiger partial charge in [0, 0.05) is 22.7 Å². The minimum atomic E-state index is -0.644. The van der Waals surface area contributed by atoms with E-state index < -0.39 is 10.5 Å². The van der Waals surface area contributed by atoms with Gasteiger partial charge < -0.3 is 4.57 Å². The fraction of sp³-hybridized carbons (Fsp3) is 0.0625. The molecule has 0 bridgehead atoms. The van der Waals surface area contributed by atoms with Gasteiger partial charge in [0.25, 0.3) is 11.2 Å². The van der Waals surface area contributed by atoms with E-state index in [4.69, 9.17) is 16.9 Å². The summed E-state index contributed by atoms with van der Waals surface area (Å²) in [7, 11) is 0. The second-order valence-electron chi connectivity index (χ2n) is 5.02. The van der Waals surface area contributed by atoms with Gasteiger partial charge in [-0.25, -0.2) is 0 Å². The van der Waals surface area contributed by atoms with Crippen molar-refractivity contribution in [2.45, 2.75) is 6.54 Å². The Labute approximate surface area is 140 Å². The Morgan fingerprint density at radius 2 is 2.17 bits per heavy atom. The highest BCUT2D eigenvalue weighted by atomic mass is 35.5. The maximum atomic E-state index is 12.3. The SMILES string of the molecule is N#Cc1cc([N+](=O)[O-])cn(Cc2ccc(Cl)c3cccnc23)c1=O. The van der Waals surface area contributed by atoms with Crippen molar-refractivity contribution >= 4 is 28.2 Å². The van der Waals surface area contributed by atoms with Gasteiger partial charge in [-0.2, -0.15) is 5.26 Å². The summed E-state index contributed by atoms with van der Waals surface area (Å²) in [6.07, 6.45) is 2.71. The largest absolute Gasteiger partial charge is 0.303 e. The molecule has 0 N–H and O–H groups in total. The minimum absolute atomic E-state index is 0.0415. The van der Waals surface area contributed by atoms with Crippen LogP contribution in [-0.2, 0) is 6.54 Å². The number of benzene rings is 1. The third-order valence-electron chi connectivity index (χ3n) is 3.54. The molecular weight excluding hydrogens is 332 g/mol. The van der Waals surface area contributed by atoms with Crippen molar-refractivity contribution in [1.29, 1.82) is 5.26 Å². The molecule has 0 spiro atoms. The van der Waals surface area contributed by atoms with Gasteiger partial charge in [-0.15, -0.1) is 0 Å². The Kier molecular flexibility index (Phi) is 3.98. The number of nitriles is 1. The van der Waals surface area contributed by atoms with E-state index in [9.17, 15) is 14.9 Å². The van der Waals surface area contributed by atoms with Crippen LogP contribution in [0.3, 0.4) is 0 Å². The quantitative estimate of drug-likeness (QED) is 0.539. The molecule has 0 fully saturated rings. The first-order valence-electron chi connectivity index (χ1n) is 6.82. The molecule has 0 atom stereocenters. The average Bonchev–Trinajstić information content (AvgIpc) is 2.59. The number of aromatic nitrogens is 2. The monoisotopic (exact) mass is 340 g/mol. The zero-order valence-electron chi connectivity index (χ0n) is 12.1. The van der Waals surface area contributed by atoms with Crippen molar-refractivity contribution < 1.29 is 4.92 Å². The van der Waals surface area contributed by atoms with Gasteiger partial charge in [-0.1, -0.05) is 17.7 Å². The van der Waals surface area contributed by atoms with Gasteiger partial charge in [-0.3, -0.25) is 19.9 Å². The zero-order chi connectivity index (χ0) is 17.3. The molecule has 7 nitrogen and oxygen atoms in total. The summed E-state index contributed by atoms with van der Waals surface area (Å²) in [6.45, 7) is 0.0415. The highest BCUT2D eigenvalue weighted by molar-refractivity contribution is 6.35. The van der Waals surface area contributed by atoms with Crippen LogP contribution in [0.15, 0.2) is 47.5 Å². The molecule has 0 aliphatic heterocycles. The topological polar surface area (TPSA) is 102 Å². The van der Waals surface area contributed by atoms with Crippen LogP contribution in [0.25, 0.3) is 10.9 Å². The number of pyridine rings is 2. The lowest BCUT2D eigenvalue weighted by molar-refractivity contribution is -0.385. The molecule has 1 aromatic carbocycles. The number of nitrogens with zero attached hydrogens (tertiary/aromatic N) is 4. The molecule has 8 heteroatoms. The molecule has 0 saturated carbocycles. The van der Waals surface area contributed by atoms with Gasteiger partial charge in [0.2, 0.25) is 0 Å². The van der Waals surface area contributed by atoms with Crippen LogP contribution in [0.2, 0.25) is 5.02 Å². The maximum Gasteiger partial charge on any atom is 0.287 e. The number of hydrogen-bond donors (Lipinski definition) is 0. The standard InChI is InChI=1S/C16H9ClN4O3/c17-14-4-3-10(15-13(14)2-1-5-19-15)8-20-9-12(21(23)24)6-11(7-18)16(20)22/h1-6,9H,8H2. The van der Waals surface area contributed by atoms with Gasteiger partial charge in [-0.05, 0) is 23.8 Å². The molecule has 0 radical (unpaired) electrons. The second kappa shape index (κ2) is 6.10. The zero-order valence-corrected chi connectivity index (χ0v) is 12.9. The van der Waals surface area contributed by atoms with Gasteiger partial charge in [0.15, 0.2) is 0 Å². The lowest BCUT2D eigenvalue weighted by Gasteiger charge is -2.09. The van der Waals surface area contributed by atoms with Crippen molar-refractivity contribution in [3.63, 3.8) is 0 Å². The van der Waals surface area contributed by atoms with E-state index in [-0.39, 0.29) is 17.8 Å². The summed E-state index contributed by atoms with van der Waals surface area (Å²) in [5, 5.41) is 21.2. The summed E-state index contributed by atoms with van der Waals surface area (Å²) in [5.74, 6) is 0. The fourth-order valence-corrected chi connectivity index (χ4v) is 2.64. The molecule has 2 aromatic heterocycles. The van der Waals surface area contributed by atoms with Crippen molar-refractivity contribution in [3.05, 3.63) is 79.3 Å². The van der Waals surface area contributed by atoms with Crippen LogP contribution < -0.4 is 5.56 Å². The van der Waals surface area contributed by atoms with Gasteiger partial charge in [0.1, 0.15) is 11.6 Å². The lowest BCUT2D eigenvalue weighted by atomic mass is 10.1. The number of halogens is 1. The predicted molar refractivity (Wildman–Crippen MR) is 87.9 cm³/mol. The highest BCUT2D eigenvalue weighted by Crippen LogP contribution is 2.25. The maximum absolute atomic E-state index is 12.3. The van der Waals surface area contributed by atoms with E-state index in [1.54, 1.807) is 36.5 Å². The first-order chi connectivity index (χ1) is 11.5. The number of nitro groups is 1. The van der Waals surface area contributed by atoms with Crippen molar-refractivity contribution in [1.82, 2.24) is 9.55 Å². The number of rotatable bonds is 3. The van der Waals surface area contributed by atoms with E-state index in [0.717, 1.165) is 22.2 Å². The third-order valence-corrected chi connectivity index (χ3v) is 3.87. The van der Waals surface area contributed by atoms with Crippen molar-refractivity contribution in [2.24, 2.45) is 0 Å². The van der Waals surface area contributed by atoms with Crippen molar-refractivity contribution in [3.8, 4) is 6.07 Å². The normalized spacial score (nSPS) is 10.5. The van der Waals surface area contributed by atoms with Crippen LogP contribution in [0.1, 0.15) is 11.1 Å². The Balaban J connectivity index is 2.18. The molecule has 118 valence electrons.